The minimum Gasteiger partial charge on any atom is -0.358 e. The lowest BCUT2D eigenvalue weighted by Gasteiger charge is -2.11. The van der Waals surface area contributed by atoms with Crippen LogP contribution < -0.4 is 15.4 Å². The first-order valence-electron chi connectivity index (χ1n) is 8.27. The molecule has 146 valence electrons. The van der Waals surface area contributed by atoms with Crippen LogP contribution in [0.1, 0.15) is 11.3 Å². The molecule has 0 saturated carbocycles. The Bertz CT molecular complexity index is 1060. The van der Waals surface area contributed by atoms with E-state index in [0.29, 0.717) is 17.3 Å². The fourth-order valence-corrected chi connectivity index (χ4v) is 3.57. The molecular weight excluding hydrogens is 398 g/mol. The minimum atomic E-state index is -3.77. The lowest BCUT2D eigenvalue weighted by atomic mass is 10.3. The van der Waals surface area contributed by atoms with Crippen molar-refractivity contribution < 1.29 is 8.42 Å². The van der Waals surface area contributed by atoms with Crippen LogP contribution in [-0.2, 0) is 23.6 Å². The third-order valence-electron chi connectivity index (χ3n) is 3.77. The number of hydrogen-bond acceptors (Lipinski definition) is 6. The first-order chi connectivity index (χ1) is 13.3. The van der Waals surface area contributed by atoms with Crippen LogP contribution in [0.4, 0.5) is 11.6 Å². The lowest BCUT2D eigenvalue weighted by Crippen LogP contribution is -2.28. The van der Waals surface area contributed by atoms with Gasteiger partial charge in [-0.05, 0) is 49.5 Å². The third kappa shape index (κ3) is 5.02. The number of thiocarbonyl (C=S) groups is 1. The monoisotopic (exact) mass is 417 g/mol. The molecule has 0 bridgehead atoms. The highest BCUT2D eigenvalue weighted by Crippen LogP contribution is 2.16. The van der Waals surface area contributed by atoms with E-state index in [9.17, 15) is 8.42 Å². The van der Waals surface area contributed by atoms with Crippen molar-refractivity contribution in [2.24, 2.45) is 7.05 Å². The van der Waals surface area contributed by atoms with Crippen molar-refractivity contribution in [1.29, 1.82) is 0 Å². The molecule has 2 heterocycles. The Hall–Kier alpha value is -3.05. The maximum Gasteiger partial charge on any atom is 0.264 e. The Balaban J connectivity index is 1.59. The van der Waals surface area contributed by atoms with Gasteiger partial charge < -0.3 is 10.6 Å². The van der Waals surface area contributed by atoms with Crippen molar-refractivity contribution >= 4 is 39.0 Å². The number of hydrogen-bond donors (Lipinski definition) is 3. The summed E-state index contributed by atoms with van der Waals surface area (Å²) in [5.41, 5.74) is 2.64. The van der Waals surface area contributed by atoms with E-state index in [0.717, 1.165) is 11.3 Å². The summed E-state index contributed by atoms with van der Waals surface area (Å²) >= 11 is 5.28. The Morgan fingerprint density at radius 2 is 1.86 bits per heavy atom. The molecule has 0 aliphatic rings. The zero-order valence-corrected chi connectivity index (χ0v) is 16.9. The van der Waals surface area contributed by atoms with Gasteiger partial charge >= 0.3 is 0 Å². The smallest absolute Gasteiger partial charge is 0.264 e. The van der Waals surface area contributed by atoms with Gasteiger partial charge in [-0.15, -0.1) is 0 Å². The van der Waals surface area contributed by atoms with Gasteiger partial charge in [0.25, 0.3) is 10.0 Å². The number of benzene rings is 1. The van der Waals surface area contributed by atoms with Crippen molar-refractivity contribution in [3.05, 3.63) is 60.2 Å². The van der Waals surface area contributed by atoms with Crippen LogP contribution >= 0.6 is 12.2 Å². The number of nitrogens with zero attached hydrogens (tertiary/aromatic N) is 4. The quantitative estimate of drug-likeness (QED) is 0.521. The molecule has 0 spiro atoms. The topological polar surface area (TPSA) is 114 Å². The van der Waals surface area contributed by atoms with E-state index >= 15 is 0 Å². The summed E-state index contributed by atoms with van der Waals surface area (Å²) in [6, 6.07) is 7.81. The zero-order chi connectivity index (χ0) is 20.1. The molecule has 1 aromatic carbocycles. The molecule has 3 rings (SSSR count). The molecule has 9 nitrogen and oxygen atoms in total. The van der Waals surface area contributed by atoms with E-state index in [1.54, 1.807) is 22.9 Å². The van der Waals surface area contributed by atoms with E-state index in [-0.39, 0.29) is 10.8 Å². The van der Waals surface area contributed by atoms with Gasteiger partial charge in [0, 0.05) is 43.4 Å². The van der Waals surface area contributed by atoms with E-state index in [1.165, 1.54) is 24.5 Å². The summed E-state index contributed by atoms with van der Waals surface area (Å²) in [4.78, 5) is 7.80. The van der Waals surface area contributed by atoms with E-state index in [1.807, 2.05) is 20.2 Å². The summed E-state index contributed by atoms with van der Waals surface area (Å²) in [5.74, 6) is 0.0146. The highest BCUT2D eigenvalue weighted by atomic mass is 32.2. The fourth-order valence-electron chi connectivity index (χ4n) is 2.42. The molecule has 0 radical (unpaired) electrons. The number of nitrogens with one attached hydrogen (secondary N) is 3. The molecule has 0 saturated heterocycles. The molecule has 0 unspecified atom stereocenters. The van der Waals surface area contributed by atoms with Crippen LogP contribution in [0.5, 0.6) is 0 Å². The van der Waals surface area contributed by atoms with Crippen LogP contribution in [-0.4, -0.2) is 33.3 Å². The van der Waals surface area contributed by atoms with Gasteiger partial charge in [-0.2, -0.15) is 5.10 Å². The lowest BCUT2D eigenvalue weighted by molar-refractivity contribution is 0.601. The number of sulfonamides is 1. The largest absolute Gasteiger partial charge is 0.358 e. The van der Waals surface area contributed by atoms with Crippen LogP contribution in [0.2, 0.25) is 0 Å². The molecule has 11 heteroatoms. The first kappa shape index (κ1) is 19.7. The van der Waals surface area contributed by atoms with Crippen molar-refractivity contribution in [3.8, 4) is 0 Å². The zero-order valence-electron chi connectivity index (χ0n) is 15.2. The Morgan fingerprint density at radius 3 is 2.46 bits per heavy atom. The Labute approximate surface area is 168 Å². The number of anilines is 2. The molecule has 2 aromatic heterocycles. The molecule has 28 heavy (non-hydrogen) atoms. The van der Waals surface area contributed by atoms with Gasteiger partial charge in [0.2, 0.25) is 5.95 Å². The SMILES string of the molecule is Cc1nn(C)cc1CNC(=S)Nc1ccc(S(=O)(=O)Nc2ncccn2)cc1. The fraction of sp³-hybridized carbons (Fsp3) is 0.176. The van der Waals surface area contributed by atoms with Crippen LogP contribution in [0.3, 0.4) is 0 Å². The predicted octanol–water partition coefficient (Wildman–Crippen LogP) is 1.81. The third-order valence-corrected chi connectivity index (χ3v) is 5.36. The summed E-state index contributed by atoms with van der Waals surface area (Å²) in [7, 11) is -1.91. The second-order valence-electron chi connectivity index (χ2n) is 5.92. The maximum absolute atomic E-state index is 12.4. The highest BCUT2D eigenvalue weighted by molar-refractivity contribution is 7.92. The van der Waals surface area contributed by atoms with Crippen LogP contribution in [0, 0.1) is 6.92 Å². The molecule has 0 atom stereocenters. The molecule has 0 aliphatic carbocycles. The second kappa shape index (κ2) is 8.31. The summed E-state index contributed by atoms with van der Waals surface area (Å²) < 4.78 is 28.8. The molecule has 0 fully saturated rings. The highest BCUT2D eigenvalue weighted by Gasteiger charge is 2.15. The average Bonchev–Trinajstić information content (AvgIpc) is 2.98. The van der Waals surface area contributed by atoms with Crippen molar-refractivity contribution in [3.63, 3.8) is 0 Å². The summed E-state index contributed by atoms with van der Waals surface area (Å²) in [6.45, 7) is 2.47. The molecule has 0 aliphatic heterocycles. The number of rotatable bonds is 6. The Kier molecular flexibility index (Phi) is 5.85. The van der Waals surface area contributed by atoms with Crippen molar-refractivity contribution in [1.82, 2.24) is 25.1 Å². The van der Waals surface area contributed by atoms with E-state index in [2.05, 4.69) is 30.4 Å². The average molecular weight is 418 g/mol. The van der Waals surface area contributed by atoms with Crippen molar-refractivity contribution in [2.45, 2.75) is 18.4 Å². The standard InChI is InChI=1S/C17H19N7O2S2/c1-12-13(11-24(2)22-12)10-20-17(27)21-14-4-6-15(7-5-14)28(25,26)23-16-18-8-3-9-19-16/h3-9,11H,10H2,1-2H3,(H,18,19,23)(H2,20,21,27). The number of aromatic nitrogens is 4. The van der Waals surface area contributed by atoms with Gasteiger partial charge in [0.05, 0.1) is 10.6 Å². The molecular formula is C17H19N7O2S2. The predicted molar refractivity (Wildman–Crippen MR) is 110 cm³/mol. The maximum atomic E-state index is 12.4. The molecule has 3 N–H and O–H groups in total. The van der Waals surface area contributed by atoms with Gasteiger partial charge in [-0.25, -0.2) is 23.1 Å². The van der Waals surface area contributed by atoms with Gasteiger partial charge in [0.15, 0.2) is 5.11 Å². The summed E-state index contributed by atoms with van der Waals surface area (Å²) in [6.07, 6.45) is 4.84. The second-order valence-corrected chi connectivity index (χ2v) is 8.01. The van der Waals surface area contributed by atoms with Crippen molar-refractivity contribution in [2.75, 3.05) is 10.0 Å². The normalized spacial score (nSPS) is 11.1. The number of aryl methyl sites for hydroxylation is 2. The summed E-state index contributed by atoms with van der Waals surface area (Å²) in [5, 5.41) is 10.8. The van der Waals surface area contributed by atoms with Gasteiger partial charge in [-0.3, -0.25) is 4.68 Å². The molecule has 0 amide bonds. The van der Waals surface area contributed by atoms with E-state index < -0.39 is 10.0 Å². The van der Waals surface area contributed by atoms with Gasteiger partial charge in [0.1, 0.15) is 0 Å². The molecule has 3 aromatic rings. The van der Waals surface area contributed by atoms with Crippen LogP contribution in [0.15, 0.2) is 53.8 Å². The Morgan fingerprint density at radius 1 is 1.18 bits per heavy atom. The van der Waals surface area contributed by atoms with E-state index in [4.69, 9.17) is 12.2 Å². The van der Waals surface area contributed by atoms with Gasteiger partial charge in [-0.1, -0.05) is 0 Å². The minimum absolute atomic E-state index is 0.0146. The van der Waals surface area contributed by atoms with Crippen LogP contribution in [0.25, 0.3) is 0 Å². The first-order valence-corrected chi connectivity index (χ1v) is 10.2.